The van der Waals surface area contributed by atoms with Crippen molar-refractivity contribution in [1.29, 1.82) is 0 Å². The lowest BCUT2D eigenvalue weighted by Gasteiger charge is -2.10. The van der Waals surface area contributed by atoms with Crippen LogP contribution >= 0.6 is 11.6 Å². The number of aromatic nitrogens is 2. The van der Waals surface area contributed by atoms with Crippen molar-refractivity contribution in [3.8, 4) is 11.3 Å². The summed E-state index contributed by atoms with van der Waals surface area (Å²) in [6.07, 6.45) is 2.08. The van der Waals surface area contributed by atoms with Crippen molar-refractivity contribution in [2.75, 3.05) is 5.32 Å². The van der Waals surface area contributed by atoms with Gasteiger partial charge in [-0.25, -0.2) is 9.37 Å². The molecule has 0 saturated heterocycles. The second kappa shape index (κ2) is 7.92. The van der Waals surface area contributed by atoms with Crippen LogP contribution in [0.25, 0.3) is 16.9 Å². The number of hydrogen-bond donors (Lipinski definition) is 1. The number of fused-ring (bicyclic) bond motifs is 1. The lowest BCUT2D eigenvalue weighted by atomic mass is 10.1. The summed E-state index contributed by atoms with van der Waals surface area (Å²) < 4.78 is 15.7. The molecule has 1 N–H and O–H groups in total. The number of imidazole rings is 1. The second-order valence-corrected chi connectivity index (χ2v) is 7.93. The number of carbonyl (C=O) groups is 1. The van der Waals surface area contributed by atoms with Crippen molar-refractivity contribution in [2.45, 2.75) is 27.2 Å². The number of nitrogens with zero attached hydrogens (tertiary/aromatic N) is 2. The van der Waals surface area contributed by atoms with Crippen molar-refractivity contribution in [3.63, 3.8) is 0 Å². The number of rotatable bonds is 4. The number of anilines is 1. The Morgan fingerprint density at radius 2 is 1.87 bits per heavy atom. The maximum atomic E-state index is 13.8. The first-order chi connectivity index (χ1) is 14.3. The molecule has 0 fully saturated rings. The van der Waals surface area contributed by atoms with Gasteiger partial charge in [0.25, 0.3) is 0 Å². The Hall–Kier alpha value is -3.18. The summed E-state index contributed by atoms with van der Waals surface area (Å²) in [7, 11) is 0. The molecule has 6 heteroatoms. The average molecular weight is 422 g/mol. The van der Waals surface area contributed by atoms with E-state index in [0.29, 0.717) is 22.0 Å². The third kappa shape index (κ3) is 3.94. The first-order valence-electron chi connectivity index (χ1n) is 9.62. The summed E-state index contributed by atoms with van der Waals surface area (Å²) >= 11 is 6.01. The number of aryl methyl sites for hydroxylation is 3. The van der Waals surface area contributed by atoms with E-state index in [-0.39, 0.29) is 18.1 Å². The predicted molar refractivity (Wildman–Crippen MR) is 119 cm³/mol. The van der Waals surface area contributed by atoms with Crippen molar-refractivity contribution >= 4 is 28.8 Å². The van der Waals surface area contributed by atoms with Crippen LogP contribution < -0.4 is 5.32 Å². The van der Waals surface area contributed by atoms with E-state index in [0.717, 1.165) is 28.0 Å². The standard InChI is InChI=1S/C24H21ClFN3O/c1-14-4-9-22-28-24(17-5-7-19(26)15(2)10-17)21(29(22)13-14)12-23(30)27-20-8-6-18(25)11-16(20)3/h4-11,13H,12H2,1-3H3,(H,27,30). The summed E-state index contributed by atoms with van der Waals surface area (Å²) in [5, 5.41) is 3.58. The lowest BCUT2D eigenvalue weighted by molar-refractivity contribution is -0.115. The van der Waals surface area contributed by atoms with Crippen molar-refractivity contribution in [1.82, 2.24) is 9.38 Å². The fourth-order valence-electron chi connectivity index (χ4n) is 3.51. The number of nitrogens with one attached hydrogen (secondary N) is 1. The van der Waals surface area contributed by atoms with E-state index in [9.17, 15) is 9.18 Å². The minimum atomic E-state index is -0.268. The van der Waals surface area contributed by atoms with Crippen LogP contribution in [0.5, 0.6) is 0 Å². The normalized spacial score (nSPS) is 11.1. The zero-order chi connectivity index (χ0) is 21.4. The van der Waals surface area contributed by atoms with E-state index in [1.54, 1.807) is 31.2 Å². The maximum Gasteiger partial charge on any atom is 0.230 e. The van der Waals surface area contributed by atoms with Crippen LogP contribution in [-0.4, -0.2) is 15.3 Å². The Balaban J connectivity index is 1.75. The molecule has 0 bridgehead atoms. The molecule has 2 aromatic carbocycles. The minimum absolute atomic E-state index is 0.123. The quantitative estimate of drug-likeness (QED) is 0.446. The average Bonchev–Trinajstić information content (AvgIpc) is 3.04. The maximum absolute atomic E-state index is 13.8. The highest BCUT2D eigenvalue weighted by Gasteiger charge is 2.18. The number of pyridine rings is 1. The fourth-order valence-corrected chi connectivity index (χ4v) is 3.73. The van der Waals surface area contributed by atoms with Crippen LogP contribution in [0, 0.1) is 26.6 Å². The zero-order valence-electron chi connectivity index (χ0n) is 17.0. The predicted octanol–water partition coefficient (Wildman–Crippen LogP) is 5.90. The molecule has 0 aliphatic carbocycles. The smallest absolute Gasteiger partial charge is 0.230 e. The van der Waals surface area contributed by atoms with Gasteiger partial charge in [0.1, 0.15) is 11.5 Å². The van der Waals surface area contributed by atoms with Gasteiger partial charge in [-0.15, -0.1) is 0 Å². The molecular weight excluding hydrogens is 401 g/mol. The Kier molecular flexibility index (Phi) is 5.31. The molecule has 4 rings (SSSR count). The third-order valence-corrected chi connectivity index (χ3v) is 5.32. The van der Waals surface area contributed by atoms with Gasteiger partial charge in [-0.1, -0.05) is 17.7 Å². The molecule has 0 aliphatic heterocycles. The molecule has 0 spiro atoms. The van der Waals surface area contributed by atoms with E-state index in [1.165, 1.54) is 6.07 Å². The topological polar surface area (TPSA) is 46.4 Å². The van der Waals surface area contributed by atoms with Crippen LogP contribution in [0.4, 0.5) is 10.1 Å². The van der Waals surface area contributed by atoms with Gasteiger partial charge in [-0.2, -0.15) is 0 Å². The molecule has 0 radical (unpaired) electrons. The first kappa shape index (κ1) is 20.1. The van der Waals surface area contributed by atoms with Gasteiger partial charge in [0, 0.05) is 22.5 Å². The van der Waals surface area contributed by atoms with E-state index in [2.05, 4.69) is 5.32 Å². The van der Waals surface area contributed by atoms with Crippen LogP contribution in [0.2, 0.25) is 5.02 Å². The molecule has 0 unspecified atom stereocenters. The number of halogens is 2. The van der Waals surface area contributed by atoms with Gasteiger partial charge >= 0.3 is 0 Å². The fraction of sp³-hybridized carbons (Fsp3) is 0.167. The van der Waals surface area contributed by atoms with E-state index in [4.69, 9.17) is 16.6 Å². The summed E-state index contributed by atoms with van der Waals surface area (Å²) in [5.41, 5.74) is 6.14. The van der Waals surface area contributed by atoms with Crippen LogP contribution in [-0.2, 0) is 11.2 Å². The Morgan fingerprint density at radius 3 is 2.60 bits per heavy atom. The monoisotopic (exact) mass is 421 g/mol. The van der Waals surface area contributed by atoms with Gasteiger partial charge in [0.2, 0.25) is 5.91 Å². The highest BCUT2D eigenvalue weighted by Crippen LogP contribution is 2.28. The van der Waals surface area contributed by atoms with Crippen molar-refractivity contribution < 1.29 is 9.18 Å². The Morgan fingerprint density at radius 1 is 1.07 bits per heavy atom. The van der Waals surface area contributed by atoms with E-state index in [1.807, 2.05) is 42.6 Å². The summed E-state index contributed by atoms with van der Waals surface area (Å²) in [6, 6.07) is 14.1. The number of carbonyl (C=O) groups excluding carboxylic acids is 1. The minimum Gasteiger partial charge on any atom is -0.326 e. The molecule has 4 aromatic rings. The van der Waals surface area contributed by atoms with Crippen molar-refractivity contribution in [2.24, 2.45) is 0 Å². The third-order valence-electron chi connectivity index (χ3n) is 5.09. The van der Waals surface area contributed by atoms with Gasteiger partial charge in [-0.3, -0.25) is 4.79 Å². The van der Waals surface area contributed by atoms with E-state index < -0.39 is 0 Å². The Labute approximate surface area is 179 Å². The molecule has 30 heavy (non-hydrogen) atoms. The van der Waals surface area contributed by atoms with Gasteiger partial charge in [-0.05, 0) is 79.9 Å². The summed E-state index contributed by atoms with van der Waals surface area (Å²) in [4.78, 5) is 17.6. The van der Waals surface area contributed by atoms with Crippen LogP contribution in [0.15, 0.2) is 54.7 Å². The van der Waals surface area contributed by atoms with Crippen LogP contribution in [0.1, 0.15) is 22.4 Å². The molecular formula is C24H21ClFN3O. The lowest BCUT2D eigenvalue weighted by Crippen LogP contribution is -2.16. The van der Waals surface area contributed by atoms with E-state index >= 15 is 0 Å². The molecule has 152 valence electrons. The highest BCUT2D eigenvalue weighted by molar-refractivity contribution is 6.30. The molecule has 0 saturated carbocycles. The zero-order valence-corrected chi connectivity index (χ0v) is 17.7. The molecule has 2 aromatic heterocycles. The Bertz CT molecular complexity index is 1280. The number of benzene rings is 2. The SMILES string of the molecule is Cc1ccc2nc(-c3ccc(F)c(C)c3)c(CC(=O)Nc3ccc(Cl)cc3C)n2c1. The highest BCUT2D eigenvalue weighted by atomic mass is 35.5. The van der Waals surface area contributed by atoms with Crippen LogP contribution in [0.3, 0.4) is 0 Å². The van der Waals surface area contributed by atoms with Crippen molar-refractivity contribution in [3.05, 3.63) is 88.0 Å². The molecule has 1 amide bonds. The summed E-state index contributed by atoms with van der Waals surface area (Å²) in [5.74, 6) is -0.431. The summed E-state index contributed by atoms with van der Waals surface area (Å²) in [6.45, 7) is 5.60. The number of amides is 1. The molecule has 0 atom stereocenters. The second-order valence-electron chi connectivity index (χ2n) is 7.49. The number of hydrogen-bond acceptors (Lipinski definition) is 2. The molecule has 4 nitrogen and oxygen atoms in total. The van der Waals surface area contributed by atoms with Gasteiger partial charge in [0.05, 0.1) is 17.8 Å². The molecule has 0 aliphatic rings. The first-order valence-corrected chi connectivity index (χ1v) is 10.00. The van der Waals surface area contributed by atoms with Gasteiger partial charge in [0.15, 0.2) is 0 Å². The van der Waals surface area contributed by atoms with Gasteiger partial charge < -0.3 is 9.72 Å². The largest absolute Gasteiger partial charge is 0.326 e. The molecule has 2 heterocycles.